The minimum Gasteiger partial charge on any atom is -0.290 e. The molecule has 82 valence electrons. The number of hydrogen-bond acceptors (Lipinski definition) is 2. The zero-order chi connectivity index (χ0) is 11.3. The van der Waals surface area contributed by atoms with Crippen LogP contribution in [0, 0.1) is 6.92 Å². The van der Waals surface area contributed by atoms with Crippen LogP contribution in [0.5, 0.6) is 0 Å². The summed E-state index contributed by atoms with van der Waals surface area (Å²) in [5.41, 5.74) is 6.65. The van der Waals surface area contributed by atoms with Gasteiger partial charge >= 0.3 is 0 Å². The van der Waals surface area contributed by atoms with E-state index in [0.29, 0.717) is 0 Å². The van der Waals surface area contributed by atoms with Gasteiger partial charge in [0.25, 0.3) is 0 Å². The number of aliphatic imine (C=N–C) groups is 1. The second-order valence-corrected chi connectivity index (χ2v) is 3.46. The number of nitrogens with zero attached hydrogens (tertiary/aromatic N) is 1. The lowest BCUT2D eigenvalue weighted by Crippen LogP contribution is -2.02. The van der Waals surface area contributed by atoms with Crippen LogP contribution < -0.4 is 5.48 Å². The highest BCUT2D eigenvalue weighted by Gasteiger charge is 2.07. The molecule has 0 amide bonds. The van der Waals surface area contributed by atoms with Crippen molar-refractivity contribution in [2.45, 2.75) is 33.6 Å². The zero-order valence-corrected chi connectivity index (χ0v) is 9.54. The number of nitrogens with one attached hydrogen (secondary N) is 1. The van der Waals surface area contributed by atoms with Crippen LogP contribution in [0.4, 0.5) is 5.69 Å². The zero-order valence-electron chi connectivity index (χ0n) is 9.54. The van der Waals surface area contributed by atoms with E-state index in [-0.39, 0.29) is 0 Å². The number of aryl methyl sites for hydroxylation is 2. The summed E-state index contributed by atoms with van der Waals surface area (Å²) in [4.78, 5) is 4.24. The second-order valence-electron chi connectivity index (χ2n) is 3.46. The van der Waals surface area contributed by atoms with Gasteiger partial charge in [-0.1, -0.05) is 26.0 Å². The first-order chi connectivity index (χ1) is 7.24. The molecule has 2 N–H and O–H groups in total. The van der Waals surface area contributed by atoms with E-state index in [0.717, 1.165) is 18.5 Å². The van der Waals surface area contributed by atoms with E-state index >= 15 is 0 Å². The predicted molar refractivity (Wildman–Crippen MR) is 63.0 cm³/mol. The summed E-state index contributed by atoms with van der Waals surface area (Å²) in [5, 5.41) is 8.52. The lowest BCUT2D eigenvalue weighted by Gasteiger charge is -2.11. The SMILES string of the molecule is CCc1ccc(C)c(CC)c1N=CNO. The first-order valence-corrected chi connectivity index (χ1v) is 5.28. The van der Waals surface area contributed by atoms with Gasteiger partial charge in [-0.25, -0.2) is 4.99 Å². The Bertz CT molecular complexity index is 359. The molecule has 3 nitrogen and oxygen atoms in total. The Morgan fingerprint density at radius 3 is 2.60 bits per heavy atom. The molecule has 0 aromatic heterocycles. The number of hydrogen-bond donors (Lipinski definition) is 2. The van der Waals surface area contributed by atoms with Crippen LogP contribution in [0.15, 0.2) is 17.1 Å². The third kappa shape index (κ3) is 2.57. The molecular formula is C12H18N2O. The largest absolute Gasteiger partial charge is 0.290 e. The minimum atomic E-state index is 0.950. The van der Waals surface area contributed by atoms with Crippen LogP contribution in [0.3, 0.4) is 0 Å². The molecule has 0 aliphatic heterocycles. The molecule has 0 spiro atoms. The second kappa shape index (κ2) is 5.51. The highest BCUT2D eigenvalue weighted by atomic mass is 16.5. The molecule has 1 aromatic rings. The summed E-state index contributed by atoms with van der Waals surface area (Å²) in [6.07, 6.45) is 3.22. The van der Waals surface area contributed by atoms with E-state index in [1.165, 1.54) is 23.0 Å². The molecule has 0 atom stereocenters. The molecule has 0 fully saturated rings. The molecular weight excluding hydrogens is 188 g/mol. The molecule has 0 heterocycles. The van der Waals surface area contributed by atoms with Crippen molar-refractivity contribution in [1.29, 1.82) is 0 Å². The fourth-order valence-corrected chi connectivity index (χ4v) is 1.77. The van der Waals surface area contributed by atoms with E-state index in [9.17, 15) is 0 Å². The Balaban J connectivity index is 3.27. The fourth-order valence-electron chi connectivity index (χ4n) is 1.77. The highest BCUT2D eigenvalue weighted by molar-refractivity contribution is 5.65. The Morgan fingerprint density at radius 2 is 2.07 bits per heavy atom. The van der Waals surface area contributed by atoms with Gasteiger partial charge in [0.05, 0.1) is 5.69 Å². The van der Waals surface area contributed by atoms with Crippen LogP contribution >= 0.6 is 0 Å². The number of rotatable bonds is 4. The Kier molecular flexibility index (Phi) is 4.31. The average Bonchev–Trinajstić information content (AvgIpc) is 2.26. The summed E-state index contributed by atoms with van der Waals surface area (Å²) in [6.45, 7) is 6.31. The molecule has 0 bridgehead atoms. The fraction of sp³-hybridized carbons (Fsp3) is 0.417. The van der Waals surface area contributed by atoms with Crippen molar-refractivity contribution < 1.29 is 5.21 Å². The summed E-state index contributed by atoms with van der Waals surface area (Å²) >= 11 is 0. The third-order valence-electron chi connectivity index (χ3n) is 2.59. The molecule has 0 saturated carbocycles. The van der Waals surface area contributed by atoms with Crippen molar-refractivity contribution in [3.8, 4) is 0 Å². The Labute approximate surface area is 90.8 Å². The van der Waals surface area contributed by atoms with Crippen molar-refractivity contribution in [3.63, 3.8) is 0 Å². The monoisotopic (exact) mass is 206 g/mol. The normalized spacial score (nSPS) is 10.9. The van der Waals surface area contributed by atoms with Crippen LogP contribution in [-0.4, -0.2) is 11.5 Å². The quantitative estimate of drug-likeness (QED) is 0.452. The van der Waals surface area contributed by atoms with E-state index in [2.05, 4.69) is 37.9 Å². The lowest BCUT2D eigenvalue weighted by molar-refractivity contribution is 0.240. The van der Waals surface area contributed by atoms with Gasteiger partial charge in [-0.2, -0.15) is 0 Å². The summed E-state index contributed by atoms with van der Waals surface area (Å²) < 4.78 is 0. The molecule has 0 radical (unpaired) electrons. The van der Waals surface area contributed by atoms with Crippen molar-refractivity contribution in [2.75, 3.05) is 0 Å². The topological polar surface area (TPSA) is 44.6 Å². The van der Waals surface area contributed by atoms with Crippen LogP contribution in [0.1, 0.15) is 30.5 Å². The molecule has 15 heavy (non-hydrogen) atoms. The first-order valence-electron chi connectivity index (χ1n) is 5.28. The minimum absolute atomic E-state index is 0.950. The van der Waals surface area contributed by atoms with E-state index < -0.39 is 0 Å². The lowest BCUT2D eigenvalue weighted by atomic mass is 9.98. The van der Waals surface area contributed by atoms with Gasteiger partial charge in [-0.15, -0.1) is 0 Å². The molecule has 1 aromatic carbocycles. The molecule has 0 aliphatic carbocycles. The van der Waals surface area contributed by atoms with Crippen LogP contribution in [0.25, 0.3) is 0 Å². The standard InChI is InChI=1S/C12H18N2O/c1-4-10-7-6-9(3)11(5-2)12(10)13-8-14-15/h6-8,15H,4-5H2,1-3H3,(H,13,14). The molecule has 1 rings (SSSR count). The molecule has 0 unspecified atom stereocenters. The first kappa shape index (κ1) is 11.7. The molecule has 3 heteroatoms. The summed E-state index contributed by atoms with van der Waals surface area (Å²) in [6, 6.07) is 4.22. The van der Waals surface area contributed by atoms with Crippen molar-refractivity contribution in [2.24, 2.45) is 4.99 Å². The van der Waals surface area contributed by atoms with Gasteiger partial charge in [0, 0.05) is 0 Å². The maximum absolute atomic E-state index is 8.52. The molecule has 0 saturated heterocycles. The highest BCUT2D eigenvalue weighted by Crippen LogP contribution is 2.28. The maximum Gasteiger partial charge on any atom is 0.113 e. The van der Waals surface area contributed by atoms with Gasteiger partial charge in [0.2, 0.25) is 0 Å². The van der Waals surface area contributed by atoms with Crippen LogP contribution in [-0.2, 0) is 12.8 Å². The third-order valence-corrected chi connectivity index (χ3v) is 2.59. The van der Waals surface area contributed by atoms with E-state index in [4.69, 9.17) is 5.21 Å². The van der Waals surface area contributed by atoms with Crippen molar-refractivity contribution in [1.82, 2.24) is 5.48 Å². The number of benzene rings is 1. The van der Waals surface area contributed by atoms with Crippen molar-refractivity contribution >= 4 is 12.0 Å². The average molecular weight is 206 g/mol. The maximum atomic E-state index is 8.52. The Hall–Kier alpha value is -1.35. The van der Waals surface area contributed by atoms with Gasteiger partial charge in [-0.3, -0.25) is 10.7 Å². The predicted octanol–water partition coefficient (Wildman–Crippen LogP) is 2.76. The summed E-state index contributed by atoms with van der Waals surface area (Å²) in [7, 11) is 0. The van der Waals surface area contributed by atoms with Gasteiger partial charge in [0.15, 0.2) is 0 Å². The Morgan fingerprint density at radius 1 is 1.33 bits per heavy atom. The van der Waals surface area contributed by atoms with Crippen molar-refractivity contribution in [3.05, 3.63) is 28.8 Å². The van der Waals surface area contributed by atoms with E-state index in [1.54, 1.807) is 0 Å². The van der Waals surface area contributed by atoms with E-state index in [1.807, 2.05) is 5.48 Å². The van der Waals surface area contributed by atoms with Gasteiger partial charge in [-0.05, 0) is 36.5 Å². The molecule has 0 aliphatic rings. The smallest absolute Gasteiger partial charge is 0.113 e. The number of hydroxylamine groups is 1. The van der Waals surface area contributed by atoms with Gasteiger partial charge < -0.3 is 0 Å². The van der Waals surface area contributed by atoms with Gasteiger partial charge in [0.1, 0.15) is 6.34 Å². The van der Waals surface area contributed by atoms with Crippen LogP contribution in [0.2, 0.25) is 0 Å². The summed E-state index contributed by atoms with van der Waals surface area (Å²) in [5.74, 6) is 0.